The lowest BCUT2D eigenvalue weighted by atomic mass is 9.73. The molecule has 5 aliphatic rings. The van der Waals surface area contributed by atoms with Crippen LogP contribution in [0.2, 0.25) is 0 Å². The van der Waals surface area contributed by atoms with Crippen LogP contribution in [0, 0.1) is 0 Å². The maximum atomic E-state index is 6.55. The van der Waals surface area contributed by atoms with E-state index >= 15 is 0 Å². The van der Waals surface area contributed by atoms with Crippen LogP contribution < -0.4 is 24.3 Å². The van der Waals surface area contributed by atoms with Gasteiger partial charge in [0.1, 0.15) is 0 Å². The largest absolute Gasteiger partial charge is 0.453 e. The van der Waals surface area contributed by atoms with E-state index < -0.39 is 0 Å². The Balaban J connectivity index is 0.000000111. The van der Waals surface area contributed by atoms with Crippen molar-refractivity contribution in [3.05, 3.63) is 470 Å². The zero-order chi connectivity index (χ0) is 93.2. The molecule has 662 valence electrons. The van der Waals surface area contributed by atoms with Crippen LogP contribution in [-0.4, -0.2) is 49.4 Å². The Labute approximate surface area is 805 Å². The van der Waals surface area contributed by atoms with E-state index in [1.54, 1.807) is 0 Å². The Morgan fingerprint density at radius 1 is 0.194 bits per heavy atom. The second kappa shape index (κ2) is 33.3. The molecule has 0 amide bonds. The number of para-hydroxylation sites is 7. The number of aromatic nitrogens is 10. The lowest BCUT2D eigenvalue weighted by Gasteiger charge is -2.42. The minimum atomic E-state index is -0.286. The summed E-state index contributed by atoms with van der Waals surface area (Å²) in [6.07, 6.45) is 0. The van der Waals surface area contributed by atoms with Crippen LogP contribution in [0.15, 0.2) is 437 Å². The molecular weight excluding hydrogens is 1700 g/mol. The standard InChI is InChI=1S/C46H33N5.C42H31N5.C36H26N4O/c1-46(2)36-24-12-14-26-40(36)50(38-27-15-21-30-16-9-10-22-33(30)38)42-28-35-34-23-11-13-25-39(34)51(41(35)29-37(42)46)45-48-43(31-17-5-3-6-18-31)47-44(49-45)32-19-7-4-8-20-32;1-42(2)33-23-13-12-22-31(33)32-26-37-38(27-34(32)42)47(36-25-15-14-24-35(36)46(37)30-20-10-5-11-21-30)41-44-39(28-16-6-3-7-17-28)43-40(45-41)29-18-8-4-9-19-29;1-36(2)27-18-10-9-17-25(27)26-21-32-30(22-28(26)36)40(29-19-11-12-20-31(29)41-32)35-38-33(23-13-5-3-6-14-23)37-34(39-35)24-15-7-4-8-16-24/h3-29H,1-2H3;3-27H,1-2H3;3-22H,1-2H3. The molecule has 2 aliphatic carbocycles. The van der Waals surface area contributed by atoms with Crippen molar-refractivity contribution in [1.29, 1.82) is 0 Å². The van der Waals surface area contributed by atoms with E-state index in [0.717, 1.165) is 112 Å². The summed E-state index contributed by atoms with van der Waals surface area (Å²) in [5, 5.41) is 4.73. The second-order valence-corrected chi connectivity index (χ2v) is 37.3. The summed E-state index contributed by atoms with van der Waals surface area (Å²) in [6, 6.07) is 152. The van der Waals surface area contributed by atoms with E-state index in [2.05, 4.69) is 351 Å². The third kappa shape index (κ3) is 14.1. The molecule has 15 heteroatoms. The van der Waals surface area contributed by atoms with Gasteiger partial charge in [-0.1, -0.05) is 387 Å². The fourth-order valence-electron chi connectivity index (χ4n) is 21.2. The summed E-state index contributed by atoms with van der Waals surface area (Å²) in [6.45, 7) is 13.9. The van der Waals surface area contributed by atoms with Gasteiger partial charge < -0.3 is 14.5 Å². The van der Waals surface area contributed by atoms with Crippen LogP contribution in [0.3, 0.4) is 0 Å². The average molecular weight is 1790 g/mol. The molecule has 0 radical (unpaired) electrons. The molecule has 7 heterocycles. The van der Waals surface area contributed by atoms with Crippen LogP contribution in [0.4, 0.5) is 68.8 Å². The highest BCUT2D eigenvalue weighted by Crippen LogP contribution is 2.62. The molecule has 0 bridgehead atoms. The maximum absolute atomic E-state index is 6.55. The van der Waals surface area contributed by atoms with Crippen molar-refractivity contribution in [3.8, 4) is 108 Å². The first-order valence-corrected chi connectivity index (χ1v) is 47.2. The fraction of sp³-hybridized carbons (Fsp3) is 0.0726. The van der Waals surface area contributed by atoms with E-state index in [9.17, 15) is 0 Å². The van der Waals surface area contributed by atoms with Crippen molar-refractivity contribution in [2.75, 3.05) is 19.6 Å². The summed E-state index contributed by atoms with van der Waals surface area (Å²) >= 11 is 0. The van der Waals surface area contributed by atoms with Crippen LogP contribution in [0.25, 0.3) is 129 Å². The molecule has 0 saturated heterocycles. The van der Waals surface area contributed by atoms with Crippen molar-refractivity contribution >= 4 is 101 Å². The van der Waals surface area contributed by atoms with Crippen molar-refractivity contribution in [1.82, 2.24) is 49.4 Å². The highest BCUT2D eigenvalue weighted by Gasteiger charge is 2.44. The number of fused-ring (bicyclic) bond motifs is 16. The predicted octanol–water partition coefficient (Wildman–Crippen LogP) is 31.4. The van der Waals surface area contributed by atoms with Gasteiger partial charge in [0.05, 0.1) is 62.2 Å². The van der Waals surface area contributed by atoms with Gasteiger partial charge in [0, 0.05) is 71.5 Å². The third-order valence-corrected chi connectivity index (χ3v) is 28.0. The number of benzene rings is 18. The molecule has 0 fully saturated rings. The highest BCUT2D eigenvalue weighted by molar-refractivity contribution is 6.13. The summed E-state index contributed by atoms with van der Waals surface area (Å²) in [7, 11) is 0. The summed E-state index contributed by atoms with van der Waals surface area (Å²) in [4.78, 5) is 55.0. The van der Waals surface area contributed by atoms with Gasteiger partial charge in [-0.2, -0.15) is 29.9 Å². The molecule has 22 aromatic rings. The SMILES string of the molecule is CC1(C)c2ccccc2-c2cc3c(cc21)N(c1nc(-c2ccccc2)nc(-c2ccccc2)n1)c1ccccc1N3c1ccccc1.CC1(C)c2ccccc2-c2cc3c(cc21)N(c1nc(-c2ccccc2)nc(-c2ccccc2)n1)c1ccccc1O3.CC1(C)c2ccccc2N(c2cccc3ccccc23)c2cc3c4ccccc4n(-c4nc(-c5ccccc5)nc(-c5ccccc5)n4)c3cc21. The van der Waals surface area contributed by atoms with Crippen LogP contribution in [0.1, 0.15) is 74.9 Å². The molecule has 0 unspecified atom stereocenters. The summed E-state index contributed by atoms with van der Waals surface area (Å²) in [5.41, 5.74) is 30.4. The first kappa shape index (κ1) is 82.9. The van der Waals surface area contributed by atoms with Gasteiger partial charge in [0.15, 0.2) is 46.4 Å². The fourth-order valence-corrected chi connectivity index (χ4v) is 21.2. The Bertz CT molecular complexity index is 8420. The molecule has 0 N–H and O–H groups in total. The van der Waals surface area contributed by atoms with Crippen molar-refractivity contribution in [2.45, 2.75) is 57.8 Å². The normalized spacial score (nSPS) is 13.7. The number of rotatable bonds is 11. The van der Waals surface area contributed by atoms with Gasteiger partial charge in [-0.15, -0.1) is 0 Å². The molecule has 4 aromatic heterocycles. The molecular formula is C124H90N14O. The number of anilines is 12. The Morgan fingerprint density at radius 2 is 0.561 bits per heavy atom. The smallest absolute Gasteiger partial charge is 0.239 e. The van der Waals surface area contributed by atoms with Gasteiger partial charge >= 0.3 is 0 Å². The van der Waals surface area contributed by atoms with E-state index in [4.69, 9.17) is 49.6 Å². The lowest BCUT2D eigenvalue weighted by molar-refractivity contribution is 0.476. The minimum absolute atomic E-state index is 0.160. The molecule has 27 rings (SSSR count). The van der Waals surface area contributed by atoms with Crippen LogP contribution in [0.5, 0.6) is 11.5 Å². The molecule has 15 nitrogen and oxygen atoms in total. The average Bonchev–Trinajstić information content (AvgIpc) is 1.67. The van der Waals surface area contributed by atoms with Crippen molar-refractivity contribution < 1.29 is 4.74 Å². The highest BCUT2D eigenvalue weighted by atomic mass is 16.5. The molecule has 0 atom stereocenters. The summed E-state index contributed by atoms with van der Waals surface area (Å²) in [5.74, 6) is 7.03. The minimum Gasteiger partial charge on any atom is -0.453 e. The van der Waals surface area contributed by atoms with E-state index in [0.29, 0.717) is 52.8 Å². The van der Waals surface area contributed by atoms with Gasteiger partial charge in [-0.3, -0.25) is 14.4 Å². The lowest BCUT2D eigenvalue weighted by Crippen LogP contribution is -2.30. The topological polar surface area (TPSA) is 143 Å². The molecule has 18 aromatic carbocycles. The molecule has 139 heavy (non-hydrogen) atoms. The first-order valence-electron chi connectivity index (χ1n) is 47.2. The van der Waals surface area contributed by atoms with E-state index in [-0.39, 0.29) is 16.2 Å². The quantitative estimate of drug-likeness (QED) is 0.121. The molecule has 0 spiro atoms. The first-order chi connectivity index (χ1) is 68.2. The maximum Gasteiger partial charge on any atom is 0.239 e. The van der Waals surface area contributed by atoms with Gasteiger partial charge in [-0.05, 0) is 152 Å². The predicted molar refractivity (Wildman–Crippen MR) is 564 cm³/mol. The van der Waals surface area contributed by atoms with Crippen molar-refractivity contribution in [2.24, 2.45) is 0 Å². The molecule has 0 saturated carbocycles. The Kier molecular flexibility index (Phi) is 19.9. The zero-order valence-corrected chi connectivity index (χ0v) is 77.2. The number of ether oxygens (including phenoxy) is 1. The molecule has 3 aliphatic heterocycles. The van der Waals surface area contributed by atoms with Gasteiger partial charge in [0.25, 0.3) is 0 Å². The monoisotopic (exact) mass is 1790 g/mol. The summed E-state index contributed by atoms with van der Waals surface area (Å²) < 4.78 is 8.78. The van der Waals surface area contributed by atoms with Crippen LogP contribution in [-0.2, 0) is 16.2 Å². The number of nitrogens with zero attached hydrogens (tertiary/aromatic N) is 14. The zero-order valence-electron chi connectivity index (χ0n) is 77.2. The Hall–Kier alpha value is -18.0. The van der Waals surface area contributed by atoms with Gasteiger partial charge in [-0.25, -0.2) is 15.0 Å². The third-order valence-electron chi connectivity index (χ3n) is 28.0. The number of hydrogen-bond donors (Lipinski definition) is 0. The van der Waals surface area contributed by atoms with E-state index in [1.165, 1.54) is 77.8 Å². The van der Waals surface area contributed by atoms with Gasteiger partial charge in [0.2, 0.25) is 17.8 Å². The Morgan fingerprint density at radius 3 is 1.08 bits per heavy atom. The second-order valence-electron chi connectivity index (χ2n) is 37.3. The van der Waals surface area contributed by atoms with Crippen molar-refractivity contribution in [3.63, 3.8) is 0 Å². The van der Waals surface area contributed by atoms with E-state index in [1.807, 2.05) is 152 Å². The van der Waals surface area contributed by atoms with Crippen LogP contribution >= 0.6 is 0 Å². The number of hydrogen-bond acceptors (Lipinski definition) is 14.